The predicted octanol–water partition coefficient (Wildman–Crippen LogP) is 2.73. The molecule has 0 fully saturated rings. The Hall–Kier alpha value is -2.34. The van der Waals surface area contributed by atoms with Gasteiger partial charge in [-0.15, -0.1) is 0 Å². The minimum Gasteiger partial charge on any atom is -0.488 e. The number of hydrogen-bond donors (Lipinski definition) is 1. The SMILES string of the molecule is NCc1cc2c(cc1OCc1cccc(F)c1F)OCO2. The first kappa shape index (κ1) is 13.6. The zero-order chi connectivity index (χ0) is 14.8. The molecule has 0 aromatic heterocycles. The Bertz CT molecular complexity index is 676. The first-order chi connectivity index (χ1) is 10.2. The fourth-order valence-electron chi connectivity index (χ4n) is 2.07. The Morgan fingerprint density at radius 1 is 1.10 bits per heavy atom. The Labute approximate surface area is 120 Å². The van der Waals surface area contributed by atoms with Gasteiger partial charge in [0.2, 0.25) is 6.79 Å². The maximum absolute atomic E-state index is 13.6. The Morgan fingerprint density at radius 3 is 2.62 bits per heavy atom. The van der Waals surface area contributed by atoms with Crippen LogP contribution in [0.5, 0.6) is 17.2 Å². The van der Waals surface area contributed by atoms with Gasteiger partial charge in [0, 0.05) is 23.7 Å². The van der Waals surface area contributed by atoms with Crippen molar-refractivity contribution in [3.05, 3.63) is 53.1 Å². The monoisotopic (exact) mass is 293 g/mol. The number of benzene rings is 2. The van der Waals surface area contributed by atoms with Crippen LogP contribution in [0.4, 0.5) is 8.78 Å². The molecular formula is C15H13F2NO3. The summed E-state index contributed by atoms with van der Waals surface area (Å²) in [4.78, 5) is 0. The van der Waals surface area contributed by atoms with Crippen molar-refractivity contribution in [1.29, 1.82) is 0 Å². The normalized spacial score (nSPS) is 12.5. The molecule has 0 amide bonds. The van der Waals surface area contributed by atoms with E-state index in [1.807, 2.05) is 0 Å². The van der Waals surface area contributed by atoms with E-state index in [9.17, 15) is 8.78 Å². The second-order valence-electron chi connectivity index (χ2n) is 4.52. The van der Waals surface area contributed by atoms with Crippen molar-refractivity contribution in [2.75, 3.05) is 6.79 Å². The van der Waals surface area contributed by atoms with Crippen LogP contribution in [-0.4, -0.2) is 6.79 Å². The maximum atomic E-state index is 13.6. The Kier molecular flexibility index (Phi) is 3.62. The largest absolute Gasteiger partial charge is 0.488 e. The van der Waals surface area contributed by atoms with E-state index >= 15 is 0 Å². The van der Waals surface area contributed by atoms with Gasteiger partial charge in [-0.1, -0.05) is 12.1 Å². The van der Waals surface area contributed by atoms with Gasteiger partial charge in [0.25, 0.3) is 0 Å². The molecule has 2 N–H and O–H groups in total. The molecule has 4 nitrogen and oxygen atoms in total. The third-order valence-electron chi connectivity index (χ3n) is 3.19. The van der Waals surface area contributed by atoms with Crippen molar-refractivity contribution in [2.24, 2.45) is 5.73 Å². The third kappa shape index (κ3) is 2.62. The molecule has 2 aromatic carbocycles. The molecular weight excluding hydrogens is 280 g/mol. The molecule has 6 heteroatoms. The zero-order valence-corrected chi connectivity index (χ0v) is 11.1. The van der Waals surface area contributed by atoms with Crippen LogP contribution in [0, 0.1) is 11.6 Å². The van der Waals surface area contributed by atoms with Crippen LogP contribution in [0.25, 0.3) is 0 Å². The highest BCUT2D eigenvalue weighted by atomic mass is 19.2. The van der Waals surface area contributed by atoms with Crippen LogP contribution in [0.15, 0.2) is 30.3 Å². The van der Waals surface area contributed by atoms with Gasteiger partial charge in [-0.2, -0.15) is 0 Å². The van der Waals surface area contributed by atoms with Gasteiger partial charge in [0.15, 0.2) is 23.1 Å². The highest BCUT2D eigenvalue weighted by Gasteiger charge is 2.18. The average molecular weight is 293 g/mol. The standard InChI is InChI=1S/C15H13F2NO3/c16-11-3-1-2-9(15(11)17)7-19-12-5-14-13(20-8-21-14)4-10(12)6-18/h1-5H,6-8,18H2. The summed E-state index contributed by atoms with van der Waals surface area (Å²) < 4.78 is 42.8. The molecule has 0 unspecified atom stereocenters. The number of fused-ring (bicyclic) bond motifs is 1. The van der Waals surface area contributed by atoms with Crippen molar-refractivity contribution < 1.29 is 23.0 Å². The van der Waals surface area contributed by atoms with Crippen molar-refractivity contribution in [3.63, 3.8) is 0 Å². The topological polar surface area (TPSA) is 53.7 Å². The van der Waals surface area contributed by atoms with Crippen molar-refractivity contribution in [3.8, 4) is 17.2 Å². The van der Waals surface area contributed by atoms with Crippen molar-refractivity contribution in [1.82, 2.24) is 0 Å². The lowest BCUT2D eigenvalue weighted by Gasteiger charge is -2.12. The molecule has 0 atom stereocenters. The van der Waals surface area contributed by atoms with E-state index in [0.717, 1.165) is 6.07 Å². The van der Waals surface area contributed by atoms with Crippen molar-refractivity contribution in [2.45, 2.75) is 13.2 Å². The van der Waals surface area contributed by atoms with Gasteiger partial charge in [-0.05, 0) is 12.1 Å². The van der Waals surface area contributed by atoms with Crippen LogP contribution in [0.2, 0.25) is 0 Å². The van der Waals surface area contributed by atoms with Gasteiger partial charge < -0.3 is 19.9 Å². The Balaban J connectivity index is 1.83. The summed E-state index contributed by atoms with van der Waals surface area (Å²) in [5.41, 5.74) is 6.50. The smallest absolute Gasteiger partial charge is 0.231 e. The quantitative estimate of drug-likeness (QED) is 0.941. The summed E-state index contributed by atoms with van der Waals surface area (Å²) in [6.07, 6.45) is 0. The fraction of sp³-hybridized carbons (Fsp3) is 0.200. The van der Waals surface area contributed by atoms with E-state index in [4.69, 9.17) is 19.9 Å². The van der Waals surface area contributed by atoms with Crippen LogP contribution >= 0.6 is 0 Å². The summed E-state index contributed by atoms with van der Waals surface area (Å²) in [6, 6.07) is 7.32. The van der Waals surface area contributed by atoms with Crippen LogP contribution in [0.3, 0.4) is 0 Å². The highest BCUT2D eigenvalue weighted by molar-refractivity contribution is 5.51. The molecule has 3 rings (SSSR count). The fourth-order valence-corrected chi connectivity index (χ4v) is 2.07. The molecule has 1 heterocycles. The number of ether oxygens (including phenoxy) is 3. The molecule has 2 aromatic rings. The minimum atomic E-state index is -0.910. The van der Waals surface area contributed by atoms with Gasteiger partial charge in [-0.25, -0.2) is 8.78 Å². The second-order valence-corrected chi connectivity index (χ2v) is 4.52. The molecule has 0 bridgehead atoms. The number of hydrogen-bond acceptors (Lipinski definition) is 4. The molecule has 0 radical (unpaired) electrons. The van der Waals surface area contributed by atoms with E-state index in [2.05, 4.69) is 0 Å². The first-order valence-corrected chi connectivity index (χ1v) is 6.37. The molecule has 0 saturated heterocycles. The molecule has 0 aliphatic carbocycles. The second kappa shape index (κ2) is 5.57. The summed E-state index contributed by atoms with van der Waals surface area (Å²) in [7, 11) is 0. The van der Waals surface area contributed by atoms with E-state index < -0.39 is 11.6 Å². The molecule has 0 saturated carbocycles. The van der Waals surface area contributed by atoms with E-state index in [1.54, 1.807) is 12.1 Å². The number of halogens is 2. The lowest BCUT2D eigenvalue weighted by Crippen LogP contribution is -2.04. The lowest BCUT2D eigenvalue weighted by atomic mass is 10.1. The zero-order valence-electron chi connectivity index (χ0n) is 11.1. The van der Waals surface area contributed by atoms with Crippen molar-refractivity contribution >= 4 is 0 Å². The first-order valence-electron chi connectivity index (χ1n) is 6.37. The molecule has 21 heavy (non-hydrogen) atoms. The van der Waals surface area contributed by atoms with Crippen LogP contribution in [-0.2, 0) is 13.2 Å². The predicted molar refractivity (Wildman–Crippen MR) is 71.1 cm³/mol. The van der Waals surface area contributed by atoms with Gasteiger partial charge in [0.1, 0.15) is 12.4 Å². The van der Waals surface area contributed by atoms with E-state index in [0.29, 0.717) is 22.8 Å². The summed E-state index contributed by atoms with van der Waals surface area (Å²) in [6.45, 7) is 0.273. The molecule has 0 spiro atoms. The van der Waals surface area contributed by atoms with Gasteiger partial charge in [-0.3, -0.25) is 0 Å². The molecule has 1 aliphatic heterocycles. The summed E-state index contributed by atoms with van der Waals surface area (Å²) in [5.74, 6) is -0.208. The molecule has 1 aliphatic rings. The van der Waals surface area contributed by atoms with E-state index in [1.165, 1.54) is 12.1 Å². The van der Waals surface area contributed by atoms with Crippen LogP contribution < -0.4 is 19.9 Å². The lowest BCUT2D eigenvalue weighted by molar-refractivity contribution is 0.173. The maximum Gasteiger partial charge on any atom is 0.231 e. The third-order valence-corrected chi connectivity index (χ3v) is 3.19. The number of nitrogens with two attached hydrogens (primary N) is 1. The Morgan fingerprint density at radius 2 is 1.86 bits per heavy atom. The van der Waals surface area contributed by atoms with Gasteiger partial charge >= 0.3 is 0 Å². The molecule has 110 valence electrons. The van der Waals surface area contributed by atoms with E-state index in [-0.39, 0.29) is 25.5 Å². The summed E-state index contributed by atoms with van der Waals surface area (Å²) in [5, 5.41) is 0. The van der Waals surface area contributed by atoms with Gasteiger partial charge in [0.05, 0.1) is 0 Å². The highest BCUT2D eigenvalue weighted by Crippen LogP contribution is 2.38. The summed E-state index contributed by atoms with van der Waals surface area (Å²) >= 11 is 0. The number of rotatable bonds is 4. The minimum absolute atomic E-state index is 0.101. The van der Waals surface area contributed by atoms with Crippen LogP contribution in [0.1, 0.15) is 11.1 Å². The average Bonchev–Trinajstić information content (AvgIpc) is 2.95.